The van der Waals surface area contributed by atoms with Gasteiger partial charge in [-0.2, -0.15) is 0 Å². The fourth-order valence-electron chi connectivity index (χ4n) is 1.53. The van der Waals surface area contributed by atoms with Gasteiger partial charge in [0.1, 0.15) is 0 Å². The summed E-state index contributed by atoms with van der Waals surface area (Å²) < 4.78 is 1.93. The zero-order valence-corrected chi connectivity index (χ0v) is 9.74. The number of pyridine rings is 1. The van der Waals surface area contributed by atoms with Gasteiger partial charge in [0.25, 0.3) is 0 Å². The van der Waals surface area contributed by atoms with E-state index in [2.05, 4.69) is 0 Å². The van der Waals surface area contributed by atoms with Gasteiger partial charge in [0.05, 0.1) is 0 Å². The zero-order chi connectivity index (χ0) is 11.5. The van der Waals surface area contributed by atoms with E-state index in [1.807, 2.05) is 29.7 Å². The molecular weight excluding hydrogens is 222 g/mol. The van der Waals surface area contributed by atoms with E-state index in [1.165, 1.54) is 0 Å². The number of aryl methyl sites for hydroxylation is 1. The molecule has 82 valence electrons. The standard InChI is InChI=1S/C13H12ClNO/c1-10-2-3-11(13(14)8-10)9-15-6-4-12(16)5-7-15/h2-8H,9H2,1H3. The summed E-state index contributed by atoms with van der Waals surface area (Å²) in [6, 6.07) is 9.07. The third kappa shape index (κ3) is 2.52. The second-order valence-corrected chi connectivity index (χ2v) is 4.21. The molecule has 1 heterocycles. The van der Waals surface area contributed by atoms with Gasteiger partial charge in [0.2, 0.25) is 0 Å². The van der Waals surface area contributed by atoms with Gasteiger partial charge in [-0.25, -0.2) is 0 Å². The monoisotopic (exact) mass is 233 g/mol. The Labute approximate surface area is 99.1 Å². The molecular formula is C13H12ClNO. The highest BCUT2D eigenvalue weighted by atomic mass is 35.5. The van der Waals surface area contributed by atoms with Gasteiger partial charge in [0, 0.05) is 36.1 Å². The van der Waals surface area contributed by atoms with E-state index in [-0.39, 0.29) is 5.43 Å². The second-order valence-electron chi connectivity index (χ2n) is 3.80. The van der Waals surface area contributed by atoms with Crippen LogP contribution in [0, 0.1) is 6.92 Å². The molecule has 0 fully saturated rings. The highest BCUT2D eigenvalue weighted by Gasteiger charge is 2.00. The van der Waals surface area contributed by atoms with Crippen molar-refractivity contribution >= 4 is 11.6 Å². The van der Waals surface area contributed by atoms with Crippen LogP contribution >= 0.6 is 11.6 Å². The van der Waals surface area contributed by atoms with Gasteiger partial charge in [-0.05, 0) is 24.1 Å². The molecule has 0 bridgehead atoms. The minimum Gasteiger partial charge on any atom is -0.350 e. The third-order valence-corrected chi connectivity index (χ3v) is 2.77. The van der Waals surface area contributed by atoms with Crippen molar-refractivity contribution in [2.75, 3.05) is 0 Å². The normalized spacial score (nSPS) is 10.4. The van der Waals surface area contributed by atoms with Crippen molar-refractivity contribution in [2.45, 2.75) is 13.5 Å². The maximum atomic E-state index is 10.9. The van der Waals surface area contributed by atoms with Crippen LogP contribution in [0.1, 0.15) is 11.1 Å². The Hall–Kier alpha value is -1.54. The highest BCUT2D eigenvalue weighted by molar-refractivity contribution is 6.31. The van der Waals surface area contributed by atoms with Crippen molar-refractivity contribution < 1.29 is 0 Å². The van der Waals surface area contributed by atoms with E-state index in [4.69, 9.17) is 11.6 Å². The number of hydrogen-bond donors (Lipinski definition) is 0. The topological polar surface area (TPSA) is 22.0 Å². The molecule has 0 radical (unpaired) electrons. The largest absolute Gasteiger partial charge is 0.350 e. The summed E-state index contributed by atoms with van der Waals surface area (Å²) in [5, 5.41) is 0.763. The first-order chi connectivity index (χ1) is 7.65. The van der Waals surface area contributed by atoms with Crippen LogP contribution in [0.25, 0.3) is 0 Å². The number of halogens is 1. The van der Waals surface area contributed by atoms with E-state index in [0.29, 0.717) is 6.54 Å². The quantitative estimate of drug-likeness (QED) is 0.782. The first kappa shape index (κ1) is 11.0. The summed E-state index contributed by atoms with van der Waals surface area (Å²) in [4.78, 5) is 10.9. The van der Waals surface area contributed by atoms with Crippen molar-refractivity contribution in [3.63, 3.8) is 0 Å². The molecule has 0 N–H and O–H groups in total. The SMILES string of the molecule is Cc1ccc(Cn2ccc(=O)cc2)c(Cl)c1. The molecule has 0 spiro atoms. The predicted molar refractivity (Wildman–Crippen MR) is 66.0 cm³/mol. The summed E-state index contributed by atoms with van der Waals surface area (Å²) in [6.45, 7) is 2.69. The summed E-state index contributed by atoms with van der Waals surface area (Å²) >= 11 is 6.14. The van der Waals surface area contributed by atoms with E-state index < -0.39 is 0 Å². The molecule has 2 aromatic rings. The molecule has 16 heavy (non-hydrogen) atoms. The lowest BCUT2D eigenvalue weighted by Gasteiger charge is -2.08. The second kappa shape index (κ2) is 4.54. The van der Waals surface area contributed by atoms with E-state index in [1.54, 1.807) is 24.5 Å². The Kier molecular flexibility index (Phi) is 3.11. The molecule has 1 aromatic heterocycles. The predicted octanol–water partition coefficient (Wildman–Crippen LogP) is 2.86. The van der Waals surface area contributed by atoms with Crippen molar-refractivity contribution in [2.24, 2.45) is 0 Å². The maximum Gasteiger partial charge on any atom is 0.181 e. The lowest BCUT2D eigenvalue weighted by Crippen LogP contribution is -2.05. The molecule has 3 heteroatoms. The Bertz CT molecular complexity index is 540. The number of benzene rings is 1. The average Bonchev–Trinajstić information content (AvgIpc) is 2.25. The van der Waals surface area contributed by atoms with Gasteiger partial charge in [-0.3, -0.25) is 4.79 Å². The van der Waals surface area contributed by atoms with Crippen LogP contribution in [0.15, 0.2) is 47.5 Å². The summed E-state index contributed by atoms with van der Waals surface area (Å²) in [5.41, 5.74) is 2.22. The minimum absolute atomic E-state index is 0.0197. The molecule has 0 aliphatic heterocycles. The Balaban J connectivity index is 2.27. The summed E-state index contributed by atoms with van der Waals surface area (Å²) in [6.07, 6.45) is 3.52. The minimum atomic E-state index is 0.0197. The van der Waals surface area contributed by atoms with Crippen LogP contribution in [0.5, 0.6) is 0 Å². The number of nitrogens with zero attached hydrogens (tertiary/aromatic N) is 1. The van der Waals surface area contributed by atoms with Crippen molar-refractivity contribution in [1.29, 1.82) is 0 Å². The Morgan fingerprint density at radius 1 is 1.19 bits per heavy atom. The van der Waals surface area contributed by atoms with Crippen molar-refractivity contribution in [3.05, 3.63) is 69.1 Å². The zero-order valence-electron chi connectivity index (χ0n) is 8.98. The number of rotatable bonds is 2. The molecule has 0 aliphatic carbocycles. The van der Waals surface area contributed by atoms with Crippen LogP contribution in [-0.2, 0) is 6.54 Å². The molecule has 0 atom stereocenters. The van der Waals surface area contributed by atoms with E-state index >= 15 is 0 Å². The molecule has 0 aliphatic rings. The summed E-state index contributed by atoms with van der Waals surface area (Å²) in [7, 11) is 0. The molecule has 1 aromatic carbocycles. The fourth-order valence-corrected chi connectivity index (χ4v) is 1.82. The van der Waals surface area contributed by atoms with Crippen LogP contribution in [0.4, 0.5) is 0 Å². The Morgan fingerprint density at radius 3 is 2.50 bits per heavy atom. The molecule has 2 rings (SSSR count). The van der Waals surface area contributed by atoms with Crippen LogP contribution in [0.2, 0.25) is 5.02 Å². The highest BCUT2D eigenvalue weighted by Crippen LogP contribution is 2.18. The van der Waals surface area contributed by atoms with Crippen molar-refractivity contribution in [3.8, 4) is 0 Å². The molecule has 0 amide bonds. The maximum absolute atomic E-state index is 10.9. The third-order valence-electron chi connectivity index (χ3n) is 2.42. The number of hydrogen-bond acceptors (Lipinski definition) is 1. The lowest BCUT2D eigenvalue weighted by molar-refractivity contribution is 0.788. The lowest BCUT2D eigenvalue weighted by atomic mass is 10.1. The van der Waals surface area contributed by atoms with Gasteiger partial charge >= 0.3 is 0 Å². The van der Waals surface area contributed by atoms with Gasteiger partial charge in [-0.1, -0.05) is 23.7 Å². The molecule has 0 saturated carbocycles. The van der Waals surface area contributed by atoms with E-state index in [0.717, 1.165) is 16.1 Å². The molecule has 0 saturated heterocycles. The number of aromatic nitrogens is 1. The van der Waals surface area contributed by atoms with Crippen LogP contribution in [0.3, 0.4) is 0 Å². The Morgan fingerprint density at radius 2 is 1.88 bits per heavy atom. The first-order valence-corrected chi connectivity index (χ1v) is 5.44. The van der Waals surface area contributed by atoms with Crippen LogP contribution < -0.4 is 5.43 Å². The van der Waals surface area contributed by atoms with Crippen molar-refractivity contribution in [1.82, 2.24) is 4.57 Å². The van der Waals surface area contributed by atoms with Gasteiger partial charge in [0.15, 0.2) is 5.43 Å². The van der Waals surface area contributed by atoms with E-state index in [9.17, 15) is 4.79 Å². The summed E-state index contributed by atoms with van der Waals surface area (Å²) in [5.74, 6) is 0. The van der Waals surface area contributed by atoms with Gasteiger partial charge in [-0.15, -0.1) is 0 Å². The molecule has 0 unspecified atom stereocenters. The molecule has 2 nitrogen and oxygen atoms in total. The first-order valence-electron chi connectivity index (χ1n) is 5.06. The van der Waals surface area contributed by atoms with Crippen LogP contribution in [-0.4, -0.2) is 4.57 Å². The fraction of sp³-hybridized carbons (Fsp3) is 0.154. The van der Waals surface area contributed by atoms with Gasteiger partial charge < -0.3 is 4.57 Å². The smallest absolute Gasteiger partial charge is 0.181 e. The average molecular weight is 234 g/mol.